The van der Waals surface area contributed by atoms with E-state index in [9.17, 15) is 18.3 Å². The van der Waals surface area contributed by atoms with Crippen LogP contribution in [0.15, 0.2) is 30.3 Å². The molecule has 0 atom stereocenters. The number of hydrogen-bond acceptors (Lipinski definition) is 3. The highest BCUT2D eigenvalue weighted by Gasteiger charge is 2.27. The van der Waals surface area contributed by atoms with Crippen LogP contribution < -0.4 is 4.90 Å². The molecule has 0 unspecified atom stereocenters. The second-order valence-corrected chi connectivity index (χ2v) is 4.61. The molecule has 0 amide bonds. The smallest absolute Gasteiger partial charge is 0.390 e. The lowest BCUT2D eigenvalue weighted by atomic mass is 10.1. The number of para-hydroxylation sites is 1. The van der Waals surface area contributed by atoms with Crippen molar-refractivity contribution in [2.24, 2.45) is 0 Å². The minimum Gasteiger partial charge on any atom is -0.392 e. The Morgan fingerprint density at radius 3 is 2.60 bits per heavy atom. The van der Waals surface area contributed by atoms with Crippen molar-refractivity contribution in [2.45, 2.75) is 19.2 Å². The predicted molar refractivity (Wildman–Crippen MR) is 71.6 cm³/mol. The second-order valence-electron chi connectivity index (χ2n) is 4.61. The summed E-state index contributed by atoms with van der Waals surface area (Å²) in [5.41, 5.74) is 1.21. The van der Waals surface area contributed by atoms with Crippen LogP contribution in [0, 0.1) is 0 Å². The highest BCUT2D eigenvalue weighted by atomic mass is 19.4. The Labute approximate surface area is 114 Å². The highest BCUT2D eigenvalue weighted by Crippen LogP contribution is 2.25. The number of benzene rings is 1. The molecule has 0 saturated carbocycles. The number of rotatable bonds is 4. The van der Waals surface area contributed by atoms with Crippen molar-refractivity contribution >= 4 is 16.7 Å². The monoisotopic (exact) mass is 284 g/mol. The highest BCUT2D eigenvalue weighted by molar-refractivity contribution is 5.81. The molecule has 0 radical (unpaired) electrons. The molecule has 1 N–H and O–H groups in total. The third-order valence-electron chi connectivity index (χ3n) is 3.04. The Kier molecular flexibility index (Phi) is 4.13. The number of halogens is 3. The van der Waals surface area contributed by atoms with Crippen LogP contribution in [-0.2, 0) is 6.61 Å². The zero-order valence-corrected chi connectivity index (χ0v) is 11.0. The number of fused-ring (bicyclic) bond motifs is 1. The molecule has 20 heavy (non-hydrogen) atoms. The number of pyridine rings is 1. The van der Waals surface area contributed by atoms with E-state index >= 15 is 0 Å². The van der Waals surface area contributed by atoms with Crippen LogP contribution in [-0.4, -0.2) is 29.9 Å². The number of hydrogen-bond donors (Lipinski definition) is 1. The third kappa shape index (κ3) is 3.39. The minimum atomic E-state index is -4.20. The van der Waals surface area contributed by atoms with E-state index in [0.717, 1.165) is 5.39 Å². The topological polar surface area (TPSA) is 36.4 Å². The van der Waals surface area contributed by atoms with Crippen molar-refractivity contribution < 1.29 is 18.3 Å². The van der Waals surface area contributed by atoms with Crippen LogP contribution in [0.3, 0.4) is 0 Å². The van der Waals surface area contributed by atoms with E-state index in [2.05, 4.69) is 4.98 Å². The zero-order valence-electron chi connectivity index (χ0n) is 11.0. The molecule has 0 aliphatic rings. The van der Waals surface area contributed by atoms with Gasteiger partial charge < -0.3 is 10.0 Å². The first kappa shape index (κ1) is 14.6. The van der Waals surface area contributed by atoms with Crippen molar-refractivity contribution in [1.82, 2.24) is 4.98 Å². The second kappa shape index (κ2) is 5.66. The van der Waals surface area contributed by atoms with E-state index in [0.29, 0.717) is 16.9 Å². The molecule has 2 rings (SSSR count). The van der Waals surface area contributed by atoms with Gasteiger partial charge in [0.2, 0.25) is 0 Å². The van der Waals surface area contributed by atoms with Gasteiger partial charge in [0.25, 0.3) is 0 Å². The maximum absolute atomic E-state index is 12.3. The summed E-state index contributed by atoms with van der Waals surface area (Å²) in [7, 11) is 1.54. The molecular formula is C14H15F3N2O. The molecule has 2 aromatic rings. The fourth-order valence-corrected chi connectivity index (χ4v) is 2.00. The molecule has 0 saturated heterocycles. The molecule has 0 bridgehead atoms. The fraction of sp³-hybridized carbons (Fsp3) is 0.357. The SMILES string of the molecule is CN(CCC(F)(F)F)c1nc2ccccc2cc1CO. The lowest BCUT2D eigenvalue weighted by molar-refractivity contribution is -0.132. The zero-order chi connectivity index (χ0) is 14.8. The Morgan fingerprint density at radius 1 is 1.25 bits per heavy atom. The summed E-state index contributed by atoms with van der Waals surface area (Å²) in [4.78, 5) is 5.77. The van der Waals surface area contributed by atoms with Crippen molar-refractivity contribution in [1.29, 1.82) is 0 Å². The van der Waals surface area contributed by atoms with Gasteiger partial charge in [-0.25, -0.2) is 4.98 Å². The van der Waals surface area contributed by atoms with Crippen LogP contribution in [0.4, 0.5) is 19.0 Å². The third-order valence-corrected chi connectivity index (χ3v) is 3.04. The van der Waals surface area contributed by atoms with Crippen molar-refractivity contribution in [3.63, 3.8) is 0 Å². The number of alkyl halides is 3. The molecule has 3 nitrogen and oxygen atoms in total. The van der Waals surface area contributed by atoms with E-state index in [1.165, 1.54) is 4.90 Å². The van der Waals surface area contributed by atoms with Gasteiger partial charge in [-0.2, -0.15) is 13.2 Å². The van der Waals surface area contributed by atoms with Crippen LogP contribution in [0.5, 0.6) is 0 Å². The number of aromatic nitrogens is 1. The number of anilines is 1. The fourth-order valence-electron chi connectivity index (χ4n) is 2.00. The Morgan fingerprint density at radius 2 is 1.95 bits per heavy atom. The van der Waals surface area contributed by atoms with Crippen LogP contribution in [0.25, 0.3) is 10.9 Å². The Balaban J connectivity index is 2.31. The summed E-state index contributed by atoms with van der Waals surface area (Å²) in [6.07, 6.45) is -5.12. The summed E-state index contributed by atoms with van der Waals surface area (Å²) < 4.78 is 36.8. The summed E-state index contributed by atoms with van der Waals surface area (Å²) >= 11 is 0. The van der Waals surface area contributed by atoms with Crippen molar-refractivity contribution in [3.8, 4) is 0 Å². The molecule has 0 fully saturated rings. The quantitative estimate of drug-likeness (QED) is 0.937. The Hall–Kier alpha value is -1.82. The van der Waals surface area contributed by atoms with Crippen molar-refractivity contribution in [2.75, 3.05) is 18.5 Å². The first-order valence-electron chi connectivity index (χ1n) is 6.18. The average Bonchev–Trinajstić information content (AvgIpc) is 2.42. The molecule has 1 aromatic heterocycles. The van der Waals surface area contributed by atoms with Gasteiger partial charge in [-0.1, -0.05) is 18.2 Å². The van der Waals surface area contributed by atoms with Crippen LogP contribution in [0.2, 0.25) is 0 Å². The van der Waals surface area contributed by atoms with Gasteiger partial charge in [0.1, 0.15) is 5.82 Å². The van der Waals surface area contributed by atoms with Gasteiger partial charge in [-0.05, 0) is 12.1 Å². The van der Waals surface area contributed by atoms with Gasteiger partial charge in [0, 0.05) is 24.5 Å². The summed E-state index contributed by atoms with van der Waals surface area (Å²) in [6.45, 7) is -0.453. The summed E-state index contributed by atoms with van der Waals surface area (Å²) in [6, 6.07) is 9.05. The lowest BCUT2D eigenvalue weighted by Gasteiger charge is -2.22. The van der Waals surface area contributed by atoms with Crippen LogP contribution in [0.1, 0.15) is 12.0 Å². The van der Waals surface area contributed by atoms with E-state index in [1.54, 1.807) is 19.2 Å². The molecule has 0 aliphatic heterocycles. The molecule has 0 spiro atoms. The van der Waals surface area contributed by atoms with E-state index in [4.69, 9.17) is 0 Å². The summed E-state index contributed by atoms with van der Waals surface area (Å²) in [5.74, 6) is 0.385. The summed E-state index contributed by atoms with van der Waals surface area (Å²) in [5, 5.41) is 10.2. The van der Waals surface area contributed by atoms with Gasteiger partial charge in [-0.3, -0.25) is 0 Å². The molecule has 1 heterocycles. The molecule has 6 heteroatoms. The van der Waals surface area contributed by atoms with Gasteiger partial charge >= 0.3 is 6.18 Å². The standard InChI is InChI=1S/C14H15F3N2O/c1-19(7-6-14(15,16)17)13-11(9-20)8-10-4-2-3-5-12(10)18-13/h2-5,8,20H,6-7,9H2,1H3. The predicted octanol–water partition coefficient (Wildman–Crippen LogP) is 3.12. The average molecular weight is 284 g/mol. The minimum absolute atomic E-state index is 0.193. The first-order valence-corrected chi connectivity index (χ1v) is 6.18. The number of nitrogens with zero attached hydrogens (tertiary/aromatic N) is 2. The van der Waals surface area contributed by atoms with E-state index < -0.39 is 12.6 Å². The van der Waals surface area contributed by atoms with Crippen LogP contribution >= 0.6 is 0 Å². The number of aliphatic hydroxyl groups is 1. The molecule has 1 aromatic carbocycles. The molecule has 108 valence electrons. The van der Waals surface area contributed by atoms with E-state index in [1.807, 2.05) is 18.2 Å². The Bertz CT molecular complexity index is 598. The maximum atomic E-state index is 12.3. The van der Waals surface area contributed by atoms with Gasteiger partial charge in [0.05, 0.1) is 18.5 Å². The maximum Gasteiger partial charge on any atom is 0.390 e. The van der Waals surface area contributed by atoms with Gasteiger partial charge in [0.15, 0.2) is 0 Å². The number of aliphatic hydroxyl groups excluding tert-OH is 1. The largest absolute Gasteiger partial charge is 0.392 e. The van der Waals surface area contributed by atoms with Gasteiger partial charge in [-0.15, -0.1) is 0 Å². The first-order chi connectivity index (χ1) is 9.40. The normalized spacial score (nSPS) is 11.8. The van der Waals surface area contributed by atoms with E-state index in [-0.39, 0.29) is 13.2 Å². The van der Waals surface area contributed by atoms with Crippen molar-refractivity contribution in [3.05, 3.63) is 35.9 Å². The lowest BCUT2D eigenvalue weighted by Crippen LogP contribution is -2.25. The molecular weight excluding hydrogens is 269 g/mol. The molecule has 0 aliphatic carbocycles.